The van der Waals surface area contributed by atoms with Crippen molar-refractivity contribution in [2.75, 3.05) is 6.61 Å². The van der Waals surface area contributed by atoms with Crippen LogP contribution in [0.1, 0.15) is 64.7 Å². The van der Waals surface area contributed by atoms with Crippen LogP contribution in [0, 0.1) is 28.6 Å². The van der Waals surface area contributed by atoms with Gasteiger partial charge in [-0.2, -0.15) is 0 Å². The number of rotatable bonds is 2. The van der Waals surface area contributed by atoms with Crippen molar-refractivity contribution in [2.45, 2.75) is 82.0 Å². The minimum absolute atomic E-state index is 0.00749. The number of oxime groups is 1. The molecule has 4 aliphatic carbocycles. The van der Waals surface area contributed by atoms with Crippen molar-refractivity contribution in [1.82, 2.24) is 0 Å². The number of aliphatic hydroxyl groups is 3. The number of hydrogen-bond acceptors (Lipinski definition) is 7. The van der Waals surface area contributed by atoms with E-state index in [9.17, 15) is 25.3 Å². The van der Waals surface area contributed by atoms with Crippen molar-refractivity contribution >= 4 is 12.2 Å². The summed E-state index contributed by atoms with van der Waals surface area (Å²) in [7, 11) is 0. The van der Waals surface area contributed by atoms with Gasteiger partial charge >= 0.3 is 5.97 Å². The molecule has 0 unspecified atom stereocenters. The van der Waals surface area contributed by atoms with Gasteiger partial charge in [-0.05, 0) is 74.7 Å². The number of nitrogens with zero attached hydrogens (tertiary/aromatic N) is 1. The number of aliphatic hydroxyl groups excluding tert-OH is 1. The molecule has 5 rings (SSSR count). The molecule has 0 saturated heterocycles. The molecular formula is C23H33NO6. The Morgan fingerprint density at radius 1 is 1.10 bits per heavy atom. The lowest BCUT2D eigenvalue weighted by Crippen LogP contribution is -2.68. The number of carbonyl (C=O) groups is 1. The maximum Gasteiger partial charge on any atom is 0.331 e. The van der Waals surface area contributed by atoms with Crippen molar-refractivity contribution in [2.24, 2.45) is 33.7 Å². The maximum atomic E-state index is 12.2. The van der Waals surface area contributed by atoms with Gasteiger partial charge in [0.15, 0.2) is 0 Å². The second-order valence-corrected chi connectivity index (χ2v) is 10.8. The molecule has 0 radical (unpaired) electrons. The topological polar surface area (TPSA) is 120 Å². The Kier molecular flexibility index (Phi) is 4.45. The van der Waals surface area contributed by atoms with Crippen LogP contribution in [0.5, 0.6) is 0 Å². The summed E-state index contributed by atoms with van der Waals surface area (Å²) in [5.41, 5.74) is -2.11. The quantitative estimate of drug-likeness (QED) is 0.236. The molecule has 1 heterocycles. The van der Waals surface area contributed by atoms with E-state index in [1.807, 2.05) is 0 Å². The van der Waals surface area contributed by atoms with E-state index in [-0.39, 0.29) is 35.6 Å². The molecule has 0 amide bonds. The van der Waals surface area contributed by atoms with Crippen LogP contribution in [0.25, 0.3) is 0 Å². The van der Waals surface area contributed by atoms with Crippen molar-refractivity contribution in [3.05, 3.63) is 11.6 Å². The monoisotopic (exact) mass is 419 g/mol. The third-order valence-corrected chi connectivity index (χ3v) is 9.93. The zero-order valence-corrected chi connectivity index (χ0v) is 17.6. The highest BCUT2D eigenvalue weighted by atomic mass is 16.5. The summed E-state index contributed by atoms with van der Waals surface area (Å²) in [6, 6.07) is 0. The Morgan fingerprint density at radius 3 is 2.57 bits per heavy atom. The molecule has 4 N–H and O–H groups in total. The van der Waals surface area contributed by atoms with Gasteiger partial charge < -0.3 is 25.3 Å². The van der Waals surface area contributed by atoms with Gasteiger partial charge in [-0.25, -0.2) is 4.79 Å². The predicted octanol–water partition coefficient (Wildman–Crippen LogP) is 2.16. The number of ether oxygens (including phenoxy) is 1. The fourth-order valence-electron chi connectivity index (χ4n) is 8.46. The zero-order valence-electron chi connectivity index (χ0n) is 17.6. The highest BCUT2D eigenvalue weighted by molar-refractivity contribution is 5.85. The summed E-state index contributed by atoms with van der Waals surface area (Å²) in [6.45, 7) is 2.48. The van der Waals surface area contributed by atoms with Gasteiger partial charge in [-0.3, -0.25) is 0 Å². The molecule has 8 atom stereocenters. The first-order valence-electron chi connectivity index (χ1n) is 11.4. The van der Waals surface area contributed by atoms with Gasteiger partial charge in [0.2, 0.25) is 0 Å². The van der Waals surface area contributed by atoms with Crippen LogP contribution in [0.3, 0.4) is 0 Å². The fraction of sp³-hybridized carbons (Fsp3) is 0.826. The largest absolute Gasteiger partial charge is 0.458 e. The molecule has 1 aliphatic heterocycles. The van der Waals surface area contributed by atoms with Crippen molar-refractivity contribution in [3.8, 4) is 0 Å². The zero-order chi connectivity index (χ0) is 21.4. The average molecular weight is 420 g/mol. The van der Waals surface area contributed by atoms with E-state index in [0.717, 1.165) is 24.8 Å². The van der Waals surface area contributed by atoms with Crippen molar-refractivity contribution in [1.29, 1.82) is 0 Å². The first-order chi connectivity index (χ1) is 14.2. The van der Waals surface area contributed by atoms with Gasteiger partial charge in [-0.1, -0.05) is 6.92 Å². The Bertz CT molecular complexity index is 812. The molecule has 30 heavy (non-hydrogen) atoms. The molecule has 0 aromatic carbocycles. The first-order valence-corrected chi connectivity index (χ1v) is 11.4. The second-order valence-electron chi connectivity index (χ2n) is 10.8. The lowest BCUT2D eigenvalue weighted by atomic mass is 9.41. The number of esters is 1. The first kappa shape index (κ1) is 20.5. The smallest absolute Gasteiger partial charge is 0.331 e. The molecule has 166 valence electrons. The Labute approximate surface area is 176 Å². The summed E-state index contributed by atoms with van der Waals surface area (Å²) in [4.78, 5) is 11.7. The molecule has 5 aliphatic rings. The van der Waals surface area contributed by atoms with E-state index >= 15 is 0 Å². The van der Waals surface area contributed by atoms with Gasteiger partial charge in [0.1, 0.15) is 6.61 Å². The van der Waals surface area contributed by atoms with E-state index in [1.54, 1.807) is 6.08 Å². The number of hydrogen-bond donors (Lipinski definition) is 4. The summed E-state index contributed by atoms with van der Waals surface area (Å²) in [5.74, 6) is -0.203. The van der Waals surface area contributed by atoms with Crippen LogP contribution >= 0.6 is 0 Å². The van der Waals surface area contributed by atoms with Crippen LogP contribution in [-0.4, -0.2) is 56.6 Å². The Balaban J connectivity index is 1.53. The number of cyclic esters (lactones) is 1. The molecular weight excluding hydrogens is 386 g/mol. The van der Waals surface area contributed by atoms with E-state index in [2.05, 4.69) is 12.1 Å². The predicted molar refractivity (Wildman–Crippen MR) is 108 cm³/mol. The number of carbonyl (C=O) groups excluding carboxylic acids is 1. The fourth-order valence-corrected chi connectivity index (χ4v) is 8.46. The van der Waals surface area contributed by atoms with Crippen molar-refractivity contribution in [3.63, 3.8) is 0 Å². The summed E-state index contributed by atoms with van der Waals surface area (Å²) < 4.78 is 5.17. The van der Waals surface area contributed by atoms with Crippen molar-refractivity contribution < 1.29 is 30.1 Å². The highest BCUT2D eigenvalue weighted by Gasteiger charge is 2.71. The van der Waals surface area contributed by atoms with Crippen LogP contribution in [0.15, 0.2) is 16.8 Å². The molecule has 4 saturated carbocycles. The van der Waals surface area contributed by atoms with Gasteiger partial charge in [0, 0.05) is 23.3 Å². The molecule has 0 aromatic heterocycles. The minimum atomic E-state index is -1.12. The third kappa shape index (κ3) is 2.43. The minimum Gasteiger partial charge on any atom is -0.458 e. The molecule has 4 fully saturated rings. The lowest BCUT2D eigenvalue weighted by Gasteiger charge is -2.65. The van der Waals surface area contributed by atoms with Crippen LogP contribution in [0.2, 0.25) is 0 Å². The second kappa shape index (κ2) is 6.53. The maximum absolute atomic E-state index is 12.2. The molecule has 7 heteroatoms. The summed E-state index contributed by atoms with van der Waals surface area (Å²) >= 11 is 0. The van der Waals surface area contributed by atoms with Crippen LogP contribution < -0.4 is 0 Å². The Morgan fingerprint density at radius 2 is 1.87 bits per heavy atom. The summed E-state index contributed by atoms with van der Waals surface area (Å²) in [6.07, 6.45) is 8.20. The highest BCUT2D eigenvalue weighted by Crippen LogP contribution is 2.70. The van der Waals surface area contributed by atoms with Gasteiger partial charge in [0.25, 0.3) is 0 Å². The SMILES string of the molecule is C[C@]12CC[C@H]3[C@@H](CC[C@@]4(O)C[C@@H](O)CC[C@]34/C=N\O)[C@]1(O)CC[C@@H]2C1=CC(=O)OC1. The van der Waals surface area contributed by atoms with Gasteiger partial charge in [0.05, 0.1) is 23.5 Å². The van der Waals surface area contributed by atoms with E-state index < -0.39 is 22.7 Å². The molecule has 0 bridgehead atoms. The molecule has 7 nitrogen and oxygen atoms in total. The molecule has 0 spiro atoms. The third-order valence-electron chi connectivity index (χ3n) is 9.93. The van der Waals surface area contributed by atoms with Crippen LogP contribution in [-0.2, 0) is 9.53 Å². The summed E-state index contributed by atoms with van der Waals surface area (Å²) in [5, 5.41) is 47.0. The Hall–Kier alpha value is -1.44. The standard InChI is InChI=1S/C23H33NO6/c1-20-6-3-17-18(23(20,28)9-5-16(20)14-10-19(26)30-12-14)4-8-22(27)11-15(25)2-7-21(17,22)13-24-29/h10,13,15-18,25,27-29H,2-9,11-12H2,1H3/b24-13-/t15-,16+,17-,18+,20+,21-,22+,23+/m0/s1. The van der Waals surface area contributed by atoms with E-state index in [0.29, 0.717) is 38.7 Å². The lowest BCUT2D eigenvalue weighted by molar-refractivity contribution is -0.237. The normalized spacial score (nSPS) is 53.1. The van der Waals surface area contributed by atoms with Gasteiger partial charge in [-0.15, -0.1) is 5.16 Å². The molecule has 0 aromatic rings. The van der Waals surface area contributed by atoms with E-state index in [1.165, 1.54) is 6.21 Å². The van der Waals surface area contributed by atoms with E-state index in [4.69, 9.17) is 4.74 Å². The average Bonchev–Trinajstić information content (AvgIpc) is 3.23. The number of fused-ring (bicyclic) bond motifs is 5. The van der Waals surface area contributed by atoms with Crippen LogP contribution in [0.4, 0.5) is 0 Å².